The van der Waals surface area contributed by atoms with Crippen molar-refractivity contribution in [2.24, 2.45) is 0 Å². The first-order chi connectivity index (χ1) is 8.11. The van der Waals surface area contributed by atoms with Gasteiger partial charge < -0.3 is 0 Å². The summed E-state index contributed by atoms with van der Waals surface area (Å²) in [7, 11) is 0. The monoisotopic (exact) mass is 351 g/mol. The molecule has 3 nitrogen and oxygen atoms in total. The fourth-order valence-electron chi connectivity index (χ4n) is 1.02. The van der Waals surface area contributed by atoms with E-state index in [1.807, 2.05) is 0 Å². The zero-order valence-corrected chi connectivity index (χ0v) is 12.1. The van der Waals surface area contributed by atoms with Gasteiger partial charge in [-0.3, -0.25) is 0 Å². The van der Waals surface area contributed by atoms with Crippen LogP contribution in [-0.2, 0) is 10.7 Å². The van der Waals surface area contributed by atoms with Gasteiger partial charge in [-0.1, -0.05) is 0 Å². The molecule has 102 valence electrons. The molecule has 0 saturated heterocycles. The van der Waals surface area contributed by atoms with E-state index in [0.29, 0.717) is 11.3 Å². The van der Waals surface area contributed by atoms with Gasteiger partial charge in [-0.2, -0.15) is 0 Å². The van der Waals surface area contributed by atoms with Crippen LogP contribution in [0, 0.1) is 0 Å². The maximum absolute atomic E-state index is 13.2. The number of aromatic nitrogens is 1. The van der Waals surface area contributed by atoms with Crippen LogP contribution in [-0.4, -0.2) is 40.6 Å². The summed E-state index contributed by atoms with van der Waals surface area (Å²) in [5.74, 6) is -6.39. The first-order valence-corrected chi connectivity index (χ1v) is 6.52. The maximum atomic E-state index is 13.2. The number of carbonyl (C=O) groups excluding carboxylic acids is 1. The van der Waals surface area contributed by atoms with E-state index in [0.717, 1.165) is 16.9 Å². The van der Waals surface area contributed by atoms with Crippen molar-refractivity contribution >= 4 is 38.0 Å². The van der Waals surface area contributed by atoms with Crippen molar-refractivity contribution in [1.82, 2.24) is 4.98 Å². The predicted molar refractivity (Wildman–Crippen MR) is 56.2 cm³/mol. The topological polar surface area (TPSA) is 39.2 Å². The van der Waals surface area contributed by atoms with Gasteiger partial charge in [0.25, 0.3) is 0 Å². The second-order valence-corrected chi connectivity index (χ2v) is 6.08. The molecule has 0 N–H and O–H groups in total. The number of rotatable bonds is 3. The fraction of sp³-hybridized carbons (Fsp3) is 0.500. The van der Waals surface area contributed by atoms with Crippen LogP contribution in [0.5, 0.6) is 0 Å². The number of carbonyl (C=O) groups is 1. The number of hydrogen-bond donors (Lipinski definition) is 0. The molecule has 1 atom stereocenters. The molecule has 0 bridgehead atoms. The predicted octanol–water partition coefficient (Wildman–Crippen LogP) is 1.23. The standard InChI is InChI=1S/C8H7AsF5NO2S/c1-2-17-5(16)3-4(15-6(9)18-3)7(10,11)8(12,13)14/h2,9H2,1H3. The Hall–Kier alpha value is -0.692. The Morgan fingerprint density at radius 3 is 2.39 bits per heavy atom. The van der Waals surface area contributed by atoms with Crippen molar-refractivity contribution in [3.8, 4) is 0 Å². The Morgan fingerprint density at radius 2 is 1.94 bits per heavy atom. The normalized spacial score (nSPS) is 12.6. The summed E-state index contributed by atoms with van der Waals surface area (Å²) in [6.45, 7) is 1.29. The van der Waals surface area contributed by atoms with Gasteiger partial charge in [0.05, 0.1) is 0 Å². The van der Waals surface area contributed by atoms with Crippen LogP contribution in [0.1, 0.15) is 22.3 Å². The third-order valence-corrected chi connectivity index (χ3v) is 3.64. The number of ether oxygens (including phenoxy) is 1. The van der Waals surface area contributed by atoms with E-state index in [-0.39, 0.29) is 10.4 Å². The Labute approximate surface area is 111 Å². The van der Waals surface area contributed by atoms with Crippen molar-refractivity contribution in [3.63, 3.8) is 0 Å². The van der Waals surface area contributed by atoms with E-state index in [1.165, 1.54) is 6.92 Å². The summed E-state index contributed by atoms with van der Waals surface area (Å²) in [4.78, 5) is 13.6. The molecule has 0 aromatic carbocycles. The Balaban J connectivity index is 3.29. The summed E-state index contributed by atoms with van der Waals surface area (Å²) in [6.07, 6.45) is -5.80. The fourth-order valence-corrected chi connectivity index (χ4v) is 2.79. The molecule has 18 heavy (non-hydrogen) atoms. The van der Waals surface area contributed by atoms with Crippen LogP contribution in [0.3, 0.4) is 0 Å². The van der Waals surface area contributed by atoms with Crippen molar-refractivity contribution in [2.45, 2.75) is 19.0 Å². The first kappa shape index (κ1) is 15.4. The van der Waals surface area contributed by atoms with E-state index in [2.05, 4.69) is 9.72 Å². The third kappa shape index (κ3) is 2.82. The molecule has 1 heterocycles. The Kier molecular flexibility index (Phi) is 4.37. The quantitative estimate of drug-likeness (QED) is 0.467. The van der Waals surface area contributed by atoms with Gasteiger partial charge >= 0.3 is 111 Å². The van der Waals surface area contributed by atoms with Crippen LogP contribution < -0.4 is 3.80 Å². The molecule has 1 unspecified atom stereocenters. The second kappa shape index (κ2) is 5.12. The summed E-state index contributed by atoms with van der Waals surface area (Å²) >= 11 is 1.21. The van der Waals surface area contributed by atoms with E-state index in [4.69, 9.17) is 0 Å². The van der Waals surface area contributed by atoms with Crippen molar-refractivity contribution < 1.29 is 31.5 Å². The van der Waals surface area contributed by atoms with Crippen molar-refractivity contribution in [3.05, 3.63) is 10.6 Å². The second-order valence-electron chi connectivity index (χ2n) is 3.02. The van der Waals surface area contributed by atoms with Crippen LogP contribution >= 0.6 is 11.3 Å². The number of alkyl halides is 5. The number of esters is 1. The minimum absolute atomic E-state index is 0.00974. The number of hydrogen-bond acceptors (Lipinski definition) is 4. The van der Waals surface area contributed by atoms with Crippen molar-refractivity contribution in [1.29, 1.82) is 0 Å². The van der Waals surface area contributed by atoms with Gasteiger partial charge in [-0.25, -0.2) is 0 Å². The van der Waals surface area contributed by atoms with E-state index >= 15 is 0 Å². The molecule has 0 spiro atoms. The van der Waals surface area contributed by atoms with Gasteiger partial charge in [0.15, 0.2) is 0 Å². The molecule has 0 aliphatic carbocycles. The average Bonchev–Trinajstić information content (AvgIpc) is 2.59. The number of thiazole rings is 1. The Bertz CT molecular complexity index is 459. The average molecular weight is 351 g/mol. The molecule has 1 aromatic rings. The van der Waals surface area contributed by atoms with Crippen LogP contribution in [0.2, 0.25) is 0 Å². The molecule has 0 saturated carbocycles. The summed E-state index contributed by atoms with van der Waals surface area (Å²) in [5, 5.41) is 0. The van der Waals surface area contributed by atoms with Gasteiger partial charge in [0, 0.05) is 0 Å². The van der Waals surface area contributed by atoms with Crippen LogP contribution in [0.25, 0.3) is 0 Å². The minimum atomic E-state index is -5.80. The summed E-state index contributed by atoms with van der Waals surface area (Å²) in [5.41, 5.74) is -1.59. The zero-order valence-electron chi connectivity index (χ0n) is 8.85. The molecule has 1 rings (SSSR count). The molecule has 0 fully saturated rings. The molecule has 0 aliphatic heterocycles. The SMILES string of the molecule is CCOC(=O)c1sc([AsH2])nc1C(F)(F)C(F)(F)F. The molecule has 0 aliphatic rings. The summed E-state index contributed by atoms with van der Waals surface area (Å²) < 4.78 is 67.4. The summed E-state index contributed by atoms with van der Waals surface area (Å²) in [6, 6.07) is 0. The van der Waals surface area contributed by atoms with Gasteiger partial charge in [-0.05, 0) is 0 Å². The first-order valence-electron chi connectivity index (χ1n) is 4.49. The van der Waals surface area contributed by atoms with Gasteiger partial charge in [0.2, 0.25) is 0 Å². The van der Waals surface area contributed by atoms with Gasteiger partial charge in [-0.15, -0.1) is 0 Å². The number of halogens is 5. The van der Waals surface area contributed by atoms with E-state index < -0.39 is 28.6 Å². The van der Waals surface area contributed by atoms with E-state index in [9.17, 15) is 26.7 Å². The van der Waals surface area contributed by atoms with E-state index in [1.54, 1.807) is 0 Å². The molecule has 0 radical (unpaired) electrons. The van der Waals surface area contributed by atoms with Crippen LogP contribution in [0.15, 0.2) is 0 Å². The zero-order chi connectivity index (χ0) is 14.1. The van der Waals surface area contributed by atoms with Crippen molar-refractivity contribution in [2.75, 3.05) is 6.61 Å². The molecule has 10 heteroatoms. The molecule has 0 amide bonds. The molecule has 1 aromatic heterocycles. The van der Waals surface area contributed by atoms with Gasteiger partial charge in [0.1, 0.15) is 0 Å². The molecular formula is C8H7AsF5NO2S. The number of nitrogens with zero attached hydrogens (tertiary/aromatic N) is 1. The third-order valence-electron chi connectivity index (χ3n) is 1.76. The van der Waals surface area contributed by atoms with Crippen LogP contribution in [0.4, 0.5) is 22.0 Å². The molecular weight excluding hydrogens is 344 g/mol. The Morgan fingerprint density at radius 1 is 1.39 bits per heavy atom.